The van der Waals surface area contributed by atoms with E-state index >= 15 is 0 Å². The fourth-order valence-electron chi connectivity index (χ4n) is 0.914. The van der Waals surface area contributed by atoms with E-state index < -0.39 is 5.54 Å². The third-order valence-electron chi connectivity index (χ3n) is 1.93. The van der Waals surface area contributed by atoms with Crippen LogP contribution in [-0.4, -0.2) is 28.6 Å². The maximum atomic E-state index is 9.49. The van der Waals surface area contributed by atoms with E-state index in [0.29, 0.717) is 10.6 Å². The van der Waals surface area contributed by atoms with Crippen molar-refractivity contribution in [2.45, 2.75) is 19.4 Å². The molecular weight excluding hydrogens is 214 g/mol. The molecule has 0 spiro atoms. The van der Waals surface area contributed by atoms with Crippen molar-refractivity contribution in [3.8, 4) is 5.75 Å². The number of benzene rings is 1. The molecule has 1 aromatic carbocycles. The highest BCUT2D eigenvalue weighted by Gasteiger charge is 2.12. The van der Waals surface area contributed by atoms with Gasteiger partial charge < -0.3 is 10.2 Å². The van der Waals surface area contributed by atoms with E-state index in [-0.39, 0.29) is 12.4 Å². The first kappa shape index (κ1) is 12.0. The predicted octanol–water partition coefficient (Wildman–Crippen LogP) is 2.24. The minimum Gasteiger partial charge on any atom is -0.507 e. The predicted molar refractivity (Wildman–Crippen MR) is 61.9 cm³/mol. The first-order valence-electron chi connectivity index (χ1n) is 4.59. The fraction of sp³-hybridized carbons (Fsp3) is 0.364. The molecule has 0 bridgehead atoms. The monoisotopic (exact) mass is 227 g/mol. The lowest BCUT2D eigenvalue weighted by Crippen LogP contribution is -2.21. The fourth-order valence-corrected chi connectivity index (χ4v) is 1.09. The summed E-state index contributed by atoms with van der Waals surface area (Å²) in [4.78, 5) is 4.15. The lowest BCUT2D eigenvalue weighted by atomic mass is 10.1. The van der Waals surface area contributed by atoms with Crippen LogP contribution in [0.4, 0.5) is 0 Å². The van der Waals surface area contributed by atoms with Gasteiger partial charge in [0.15, 0.2) is 0 Å². The van der Waals surface area contributed by atoms with Crippen molar-refractivity contribution in [1.82, 2.24) is 0 Å². The Morgan fingerprint density at radius 2 is 2.13 bits per heavy atom. The van der Waals surface area contributed by atoms with E-state index in [1.165, 1.54) is 12.3 Å². The van der Waals surface area contributed by atoms with E-state index in [0.717, 1.165) is 0 Å². The Kier molecular flexibility index (Phi) is 3.72. The molecule has 15 heavy (non-hydrogen) atoms. The molecule has 0 heterocycles. The first-order chi connectivity index (χ1) is 6.94. The van der Waals surface area contributed by atoms with Crippen LogP contribution in [0.15, 0.2) is 23.2 Å². The Balaban J connectivity index is 2.94. The van der Waals surface area contributed by atoms with Gasteiger partial charge in [-0.15, -0.1) is 0 Å². The highest BCUT2D eigenvalue weighted by atomic mass is 35.5. The normalized spacial score (nSPS) is 12.3. The zero-order chi connectivity index (χ0) is 11.5. The molecule has 2 N–H and O–H groups in total. The van der Waals surface area contributed by atoms with Crippen LogP contribution in [0.3, 0.4) is 0 Å². The Labute approximate surface area is 94.0 Å². The van der Waals surface area contributed by atoms with Crippen molar-refractivity contribution in [2.75, 3.05) is 6.61 Å². The quantitative estimate of drug-likeness (QED) is 0.779. The van der Waals surface area contributed by atoms with Crippen molar-refractivity contribution in [3.63, 3.8) is 0 Å². The molecular formula is C11H14ClNO2. The number of phenolic OH excluding ortho intramolecular Hbond substituents is 1. The molecule has 0 aliphatic rings. The molecule has 0 atom stereocenters. The summed E-state index contributed by atoms with van der Waals surface area (Å²) in [5.41, 5.74) is -0.00147. The average molecular weight is 228 g/mol. The largest absolute Gasteiger partial charge is 0.507 e. The van der Waals surface area contributed by atoms with Gasteiger partial charge in [-0.25, -0.2) is 0 Å². The summed E-state index contributed by atoms with van der Waals surface area (Å²) in [6, 6.07) is 4.73. The maximum absolute atomic E-state index is 9.49. The Hall–Kier alpha value is -1.06. The van der Waals surface area contributed by atoms with E-state index in [4.69, 9.17) is 16.7 Å². The van der Waals surface area contributed by atoms with Crippen molar-refractivity contribution >= 4 is 17.8 Å². The zero-order valence-corrected chi connectivity index (χ0v) is 9.49. The number of aliphatic imine (C=N–C) groups is 1. The van der Waals surface area contributed by atoms with E-state index in [1.807, 2.05) is 0 Å². The summed E-state index contributed by atoms with van der Waals surface area (Å²) in [7, 11) is 0. The number of aromatic hydroxyl groups is 1. The standard InChI is InChI=1S/C11H14ClNO2/c1-11(2,7-14)13-6-8-5-9(12)3-4-10(8)15/h3-6,14-15H,7H2,1-2H3/b13-6+. The van der Waals surface area contributed by atoms with Crippen LogP contribution < -0.4 is 0 Å². The van der Waals surface area contributed by atoms with Gasteiger partial charge in [0, 0.05) is 16.8 Å². The lowest BCUT2D eigenvalue weighted by Gasteiger charge is -2.15. The molecule has 1 rings (SSSR count). The second kappa shape index (κ2) is 4.64. The number of hydrogen-bond acceptors (Lipinski definition) is 3. The summed E-state index contributed by atoms with van der Waals surface area (Å²) in [5.74, 6) is 0.122. The number of hydrogen-bond donors (Lipinski definition) is 2. The van der Waals surface area contributed by atoms with Gasteiger partial charge in [0.1, 0.15) is 5.75 Å². The SMILES string of the molecule is CC(C)(CO)/N=C/c1cc(Cl)ccc1O. The van der Waals surface area contributed by atoms with Crippen LogP contribution in [-0.2, 0) is 0 Å². The Bertz CT molecular complexity index is 375. The van der Waals surface area contributed by atoms with E-state index in [2.05, 4.69) is 4.99 Å². The molecule has 0 radical (unpaired) electrons. The molecule has 3 nitrogen and oxygen atoms in total. The number of aliphatic hydroxyl groups is 1. The second-order valence-electron chi connectivity index (χ2n) is 3.93. The van der Waals surface area contributed by atoms with Gasteiger partial charge in [-0.05, 0) is 32.0 Å². The van der Waals surface area contributed by atoms with E-state index in [9.17, 15) is 5.11 Å². The van der Waals surface area contributed by atoms with Crippen LogP contribution in [0.2, 0.25) is 5.02 Å². The highest BCUT2D eigenvalue weighted by Crippen LogP contribution is 2.20. The van der Waals surface area contributed by atoms with Gasteiger partial charge in [-0.1, -0.05) is 11.6 Å². The van der Waals surface area contributed by atoms with Crippen LogP contribution in [0, 0.1) is 0 Å². The number of aliphatic hydroxyl groups excluding tert-OH is 1. The molecule has 0 unspecified atom stereocenters. The van der Waals surface area contributed by atoms with Crippen molar-refractivity contribution in [2.24, 2.45) is 4.99 Å². The summed E-state index contributed by atoms with van der Waals surface area (Å²) < 4.78 is 0. The average Bonchev–Trinajstić information content (AvgIpc) is 2.20. The van der Waals surface area contributed by atoms with Crippen LogP contribution in [0.5, 0.6) is 5.75 Å². The van der Waals surface area contributed by atoms with E-state index in [1.54, 1.807) is 26.0 Å². The summed E-state index contributed by atoms with van der Waals surface area (Å²) in [6.07, 6.45) is 1.51. The first-order valence-corrected chi connectivity index (χ1v) is 4.97. The number of phenols is 1. The summed E-state index contributed by atoms with van der Waals surface area (Å²) >= 11 is 5.78. The van der Waals surface area contributed by atoms with Gasteiger partial charge in [0.2, 0.25) is 0 Å². The molecule has 0 fully saturated rings. The topological polar surface area (TPSA) is 52.8 Å². The van der Waals surface area contributed by atoms with Crippen molar-refractivity contribution in [3.05, 3.63) is 28.8 Å². The summed E-state index contributed by atoms with van der Waals surface area (Å²) in [5, 5.41) is 19.0. The molecule has 0 saturated heterocycles. The van der Waals surface area contributed by atoms with Crippen molar-refractivity contribution in [1.29, 1.82) is 0 Å². The van der Waals surface area contributed by atoms with Crippen molar-refractivity contribution < 1.29 is 10.2 Å². The van der Waals surface area contributed by atoms with Gasteiger partial charge in [-0.2, -0.15) is 0 Å². The molecule has 1 aromatic rings. The van der Waals surface area contributed by atoms with Gasteiger partial charge >= 0.3 is 0 Å². The molecule has 4 heteroatoms. The van der Waals surface area contributed by atoms with Crippen LogP contribution in [0.1, 0.15) is 19.4 Å². The molecule has 0 amide bonds. The minimum atomic E-state index is -0.547. The molecule has 0 aromatic heterocycles. The Morgan fingerprint density at radius 1 is 1.47 bits per heavy atom. The smallest absolute Gasteiger partial charge is 0.124 e. The lowest BCUT2D eigenvalue weighted by molar-refractivity contribution is 0.223. The second-order valence-corrected chi connectivity index (χ2v) is 4.37. The number of rotatable bonds is 3. The van der Waals surface area contributed by atoms with Gasteiger partial charge in [0.25, 0.3) is 0 Å². The zero-order valence-electron chi connectivity index (χ0n) is 8.74. The van der Waals surface area contributed by atoms with Gasteiger partial charge in [-0.3, -0.25) is 4.99 Å². The molecule has 0 aliphatic carbocycles. The minimum absolute atomic E-state index is 0.0508. The number of nitrogens with zero attached hydrogens (tertiary/aromatic N) is 1. The van der Waals surface area contributed by atoms with Gasteiger partial charge in [0.05, 0.1) is 12.1 Å². The molecule has 0 saturated carbocycles. The molecule has 0 aliphatic heterocycles. The van der Waals surface area contributed by atoms with Crippen LogP contribution >= 0.6 is 11.6 Å². The number of halogens is 1. The molecule has 82 valence electrons. The third-order valence-corrected chi connectivity index (χ3v) is 2.16. The maximum Gasteiger partial charge on any atom is 0.124 e. The summed E-state index contributed by atoms with van der Waals surface area (Å²) in [6.45, 7) is 3.54. The highest BCUT2D eigenvalue weighted by molar-refractivity contribution is 6.30. The van der Waals surface area contributed by atoms with Crippen LogP contribution in [0.25, 0.3) is 0 Å². The Morgan fingerprint density at radius 3 is 2.73 bits per heavy atom. The third kappa shape index (κ3) is 3.53.